The fraction of sp³-hybridized carbons (Fsp3) is 0. The summed E-state index contributed by atoms with van der Waals surface area (Å²) < 4.78 is 6.12. The SMILES string of the molecule is [N-]=[N+]=N[SiH2]N=[N+]=[N-].c1ccc(-c2ccccc2)cc1. The minimum atomic E-state index is -1.17. The van der Waals surface area contributed by atoms with E-state index in [2.05, 4.69) is 67.9 Å². The van der Waals surface area contributed by atoms with E-state index in [4.69, 9.17) is 11.1 Å². The van der Waals surface area contributed by atoms with Crippen LogP contribution in [0.1, 0.15) is 0 Å². The van der Waals surface area contributed by atoms with Gasteiger partial charge in [0.25, 0.3) is 0 Å². The topological polar surface area (TPSA) is 97.5 Å². The summed E-state index contributed by atoms with van der Waals surface area (Å²) in [5.74, 6) is 0. The molecule has 0 bridgehead atoms. The van der Waals surface area contributed by atoms with Crippen LogP contribution in [-0.2, 0) is 0 Å². The lowest BCUT2D eigenvalue weighted by Crippen LogP contribution is -1.73. The van der Waals surface area contributed by atoms with E-state index in [1.54, 1.807) is 0 Å². The van der Waals surface area contributed by atoms with Gasteiger partial charge in [-0.2, -0.15) is 0 Å². The molecule has 0 atom stereocenters. The van der Waals surface area contributed by atoms with E-state index in [1.807, 2.05) is 12.1 Å². The van der Waals surface area contributed by atoms with E-state index in [1.165, 1.54) is 11.1 Å². The quantitative estimate of drug-likeness (QED) is 0.348. The summed E-state index contributed by atoms with van der Waals surface area (Å²) in [6, 6.07) is 20.8. The van der Waals surface area contributed by atoms with Crippen molar-refractivity contribution >= 4 is 9.84 Å². The zero-order valence-corrected chi connectivity index (χ0v) is 11.6. The average molecular weight is 268 g/mol. The molecule has 0 aliphatic heterocycles. The van der Waals surface area contributed by atoms with Gasteiger partial charge in [0, 0.05) is 0 Å². The Labute approximate surface area is 112 Å². The van der Waals surface area contributed by atoms with Crippen molar-refractivity contribution in [3.8, 4) is 11.1 Å². The highest BCUT2D eigenvalue weighted by Crippen LogP contribution is 2.17. The van der Waals surface area contributed by atoms with E-state index in [0.29, 0.717) is 0 Å². The Kier molecular flexibility index (Phi) is 7.03. The third kappa shape index (κ3) is 5.95. The predicted octanol–water partition coefficient (Wildman–Crippen LogP) is 3.96. The Morgan fingerprint density at radius 2 is 1.05 bits per heavy atom. The molecule has 0 spiro atoms. The fourth-order valence-corrected chi connectivity index (χ4v) is 1.52. The highest BCUT2D eigenvalue weighted by molar-refractivity contribution is 6.30. The Balaban J connectivity index is 0.000000224. The number of azide groups is 1. The lowest BCUT2D eigenvalue weighted by atomic mass is 10.1. The number of hydrogen-bond donors (Lipinski definition) is 0. The molecule has 19 heavy (non-hydrogen) atoms. The van der Waals surface area contributed by atoms with Gasteiger partial charge in [0.15, 0.2) is 0 Å². The Hall–Kier alpha value is -2.72. The third-order valence-corrected chi connectivity index (χ3v) is 2.64. The van der Waals surface area contributed by atoms with Crippen molar-refractivity contribution in [1.29, 1.82) is 0 Å². The molecule has 94 valence electrons. The molecule has 0 heterocycles. The van der Waals surface area contributed by atoms with Crippen LogP contribution in [0.25, 0.3) is 32.0 Å². The average Bonchev–Trinajstić information content (AvgIpc) is 2.50. The molecule has 0 radical (unpaired) electrons. The summed E-state index contributed by atoms with van der Waals surface area (Å²) in [6.45, 7) is 0. The van der Waals surface area contributed by atoms with Crippen LogP contribution in [-0.4, -0.2) is 9.84 Å². The van der Waals surface area contributed by atoms with Gasteiger partial charge in [-0.3, -0.25) is 0 Å². The van der Waals surface area contributed by atoms with Gasteiger partial charge < -0.3 is 0 Å². The maximum Gasteiger partial charge on any atom is 0.224 e. The molecule has 0 N–H and O–H groups in total. The van der Waals surface area contributed by atoms with Crippen LogP contribution in [0.3, 0.4) is 0 Å². The van der Waals surface area contributed by atoms with Gasteiger partial charge in [-0.05, 0) is 32.0 Å². The van der Waals surface area contributed by atoms with Gasteiger partial charge in [-0.25, -0.2) is 0 Å². The molecule has 0 unspecified atom stereocenters. The number of benzene rings is 2. The van der Waals surface area contributed by atoms with E-state index in [-0.39, 0.29) is 0 Å². The minimum Gasteiger partial charge on any atom is -0.125 e. The second-order valence-electron chi connectivity index (χ2n) is 3.34. The Bertz CT molecular complexity index is 520. The molecule has 0 aliphatic carbocycles. The summed E-state index contributed by atoms with van der Waals surface area (Å²) in [6.07, 6.45) is 0. The normalized spacial score (nSPS) is 8.84. The van der Waals surface area contributed by atoms with Crippen molar-refractivity contribution in [3.63, 3.8) is 0 Å². The lowest BCUT2D eigenvalue weighted by Gasteiger charge is -1.98. The first kappa shape index (κ1) is 14.3. The molecule has 7 heteroatoms. The van der Waals surface area contributed by atoms with Crippen LogP contribution in [0.5, 0.6) is 0 Å². The first-order chi connectivity index (χ1) is 9.38. The summed E-state index contributed by atoms with van der Waals surface area (Å²) in [7, 11) is -1.17. The molecule has 0 aliphatic rings. The molecule has 0 saturated heterocycles. The van der Waals surface area contributed by atoms with Crippen LogP contribution in [0, 0.1) is 0 Å². The molecular formula is C12H12N6Si. The van der Waals surface area contributed by atoms with Crippen molar-refractivity contribution < 1.29 is 0 Å². The lowest BCUT2D eigenvalue weighted by molar-refractivity contribution is 1.61. The monoisotopic (exact) mass is 268 g/mol. The van der Waals surface area contributed by atoms with Crippen molar-refractivity contribution in [3.05, 3.63) is 81.5 Å². The Morgan fingerprint density at radius 1 is 0.684 bits per heavy atom. The van der Waals surface area contributed by atoms with Gasteiger partial charge in [-0.15, -0.1) is 9.56 Å². The second kappa shape index (κ2) is 9.32. The Morgan fingerprint density at radius 3 is 1.37 bits per heavy atom. The molecule has 2 aromatic rings. The predicted molar refractivity (Wildman–Crippen MR) is 78.7 cm³/mol. The highest BCUT2D eigenvalue weighted by atomic mass is 28.2. The number of nitrogens with zero attached hydrogens (tertiary/aromatic N) is 6. The number of hydrogen-bond acceptors (Lipinski definition) is 2. The second-order valence-corrected chi connectivity index (χ2v) is 4.18. The van der Waals surface area contributed by atoms with Crippen LogP contribution >= 0.6 is 0 Å². The van der Waals surface area contributed by atoms with Crippen molar-refractivity contribution in [2.75, 3.05) is 0 Å². The van der Waals surface area contributed by atoms with E-state index < -0.39 is 9.84 Å². The van der Waals surface area contributed by atoms with Crippen molar-refractivity contribution in [1.82, 2.24) is 0 Å². The summed E-state index contributed by atoms with van der Waals surface area (Å²) in [5.41, 5.74) is 17.8. The van der Waals surface area contributed by atoms with Crippen LogP contribution in [0.2, 0.25) is 0 Å². The minimum absolute atomic E-state index is 1.17. The van der Waals surface area contributed by atoms with Gasteiger partial charge in [-0.1, -0.05) is 60.7 Å². The van der Waals surface area contributed by atoms with Crippen LogP contribution < -0.4 is 0 Å². The zero-order chi connectivity index (χ0) is 13.8. The highest BCUT2D eigenvalue weighted by Gasteiger charge is 1.91. The maximum atomic E-state index is 7.60. The fourth-order valence-electron chi connectivity index (χ4n) is 1.35. The standard InChI is InChI=1S/C12H10.H2N6Si/c1-3-7-11(8-4-1)12-9-5-2-6-10-12;1-3-5-7-6-4-2/h1-10H;7H2. The zero-order valence-electron chi connectivity index (χ0n) is 10.2. The molecule has 2 aromatic carbocycles. The van der Waals surface area contributed by atoms with Crippen molar-refractivity contribution in [2.45, 2.75) is 0 Å². The van der Waals surface area contributed by atoms with E-state index in [9.17, 15) is 0 Å². The molecular weight excluding hydrogens is 256 g/mol. The summed E-state index contributed by atoms with van der Waals surface area (Å²) >= 11 is 0. The van der Waals surface area contributed by atoms with Crippen LogP contribution in [0.4, 0.5) is 0 Å². The van der Waals surface area contributed by atoms with Gasteiger partial charge in [0.05, 0.1) is 0 Å². The van der Waals surface area contributed by atoms with Gasteiger partial charge in [0.2, 0.25) is 9.84 Å². The van der Waals surface area contributed by atoms with Gasteiger partial charge >= 0.3 is 0 Å². The molecule has 6 nitrogen and oxygen atoms in total. The van der Waals surface area contributed by atoms with E-state index in [0.717, 1.165) is 0 Å². The first-order valence-electron chi connectivity index (χ1n) is 5.50. The van der Waals surface area contributed by atoms with Crippen molar-refractivity contribution in [2.24, 2.45) is 9.56 Å². The maximum absolute atomic E-state index is 7.60. The first-order valence-corrected chi connectivity index (χ1v) is 6.77. The molecule has 2 rings (SSSR count). The largest absolute Gasteiger partial charge is 0.224 e. The van der Waals surface area contributed by atoms with Gasteiger partial charge in [0.1, 0.15) is 0 Å². The molecule has 0 saturated carbocycles. The van der Waals surface area contributed by atoms with E-state index >= 15 is 0 Å². The summed E-state index contributed by atoms with van der Waals surface area (Å²) in [4.78, 5) is 4.79. The molecule has 0 aromatic heterocycles. The molecule has 0 fully saturated rings. The van der Waals surface area contributed by atoms with Crippen LogP contribution in [0.15, 0.2) is 70.2 Å². The molecule has 0 amide bonds. The third-order valence-electron chi connectivity index (χ3n) is 2.13. The number of rotatable bonds is 3. The summed E-state index contributed by atoms with van der Waals surface area (Å²) in [5, 5.41) is 0. The smallest absolute Gasteiger partial charge is 0.125 e.